The normalized spacial score (nSPS) is 10.9. The van der Waals surface area contributed by atoms with E-state index in [9.17, 15) is 9.59 Å². The number of anilines is 1. The highest BCUT2D eigenvalue weighted by Crippen LogP contribution is 2.21. The van der Waals surface area contributed by atoms with E-state index in [0.717, 1.165) is 22.2 Å². The molecule has 2 aromatic heterocycles. The third kappa shape index (κ3) is 5.19. The Hall–Kier alpha value is -3.45. The van der Waals surface area contributed by atoms with Crippen molar-refractivity contribution in [2.24, 2.45) is 0 Å². The van der Waals surface area contributed by atoms with Crippen LogP contribution in [0.3, 0.4) is 0 Å². The quantitative estimate of drug-likeness (QED) is 0.333. The number of rotatable bonds is 7. The molecule has 7 heteroatoms. The first-order valence-corrected chi connectivity index (χ1v) is 11.0. The predicted octanol–water partition coefficient (Wildman–Crippen LogP) is 4.49. The molecule has 0 aliphatic rings. The number of fused-ring (bicyclic) bond motifs is 1. The molecule has 2 heterocycles. The lowest BCUT2D eigenvalue weighted by Gasteiger charge is -2.09. The van der Waals surface area contributed by atoms with Gasteiger partial charge in [0.15, 0.2) is 5.16 Å². The number of para-hydroxylation sites is 1. The summed E-state index contributed by atoms with van der Waals surface area (Å²) in [5.41, 5.74) is 3.57. The molecule has 2 aromatic carbocycles. The standard InChI is InChI=1S/C24H22N4O2S/c1-16-19(23(30)28-24(26-16)31-15-17-7-3-2-4-8-17)12-13-21(29)27-20-11-5-9-18-10-6-14-25-22(18)20/h2-11,14H,12-13,15H2,1H3,(H,27,29)(H,26,28,30). The van der Waals surface area contributed by atoms with Gasteiger partial charge < -0.3 is 10.3 Å². The molecule has 0 radical (unpaired) electrons. The van der Waals surface area contributed by atoms with E-state index >= 15 is 0 Å². The molecular formula is C24H22N4O2S. The number of hydrogen-bond acceptors (Lipinski definition) is 5. The van der Waals surface area contributed by atoms with Crippen LogP contribution in [0.4, 0.5) is 5.69 Å². The average Bonchev–Trinajstić information content (AvgIpc) is 2.78. The van der Waals surface area contributed by atoms with Crippen molar-refractivity contribution in [3.05, 3.63) is 94.0 Å². The number of hydrogen-bond donors (Lipinski definition) is 2. The van der Waals surface area contributed by atoms with Crippen LogP contribution in [-0.2, 0) is 17.0 Å². The van der Waals surface area contributed by atoms with E-state index in [2.05, 4.69) is 20.3 Å². The SMILES string of the molecule is Cc1nc(SCc2ccccc2)[nH]c(=O)c1CCC(=O)Nc1cccc2cccnc12. The summed E-state index contributed by atoms with van der Waals surface area (Å²) in [7, 11) is 0. The number of benzene rings is 2. The third-order valence-electron chi connectivity index (χ3n) is 4.93. The van der Waals surface area contributed by atoms with Crippen LogP contribution in [0.2, 0.25) is 0 Å². The summed E-state index contributed by atoms with van der Waals surface area (Å²) >= 11 is 1.48. The molecule has 2 N–H and O–H groups in total. The van der Waals surface area contributed by atoms with E-state index in [1.165, 1.54) is 11.8 Å². The van der Waals surface area contributed by atoms with Crippen molar-refractivity contribution in [1.82, 2.24) is 15.0 Å². The molecular weight excluding hydrogens is 408 g/mol. The van der Waals surface area contributed by atoms with Crippen LogP contribution in [0.1, 0.15) is 23.2 Å². The first kappa shape index (κ1) is 20.8. The summed E-state index contributed by atoms with van der Waals surface area (Å²) in [6, 6.07) is 19.5. The van der Waals surface area contributed by atoms with Crippen LogP contribution in [0.15, 0.2) is 76.8 Å². The minimum Gasteiger partial charge on any atom is -0.324 e. The molecule has 0 saturated carbocycles. The summed E-state index contributed by atoms with van der Waals surface area (Å²) in [5.74, 6) is 0.559. The van der Waals surface area contributed by atoms with E-state index in [1.54, 1.807) is 6.20 Å². The molecule has 0 spiro atoms. The number of nitrogens with zero attached hydrogens (tertiary/aromatic N) is 2. The zero-order valence-electron chi connectivity index (χ0n) is 17.1. The highest BCUT2D eigenvalue weighted by Gasteiger charge is 2.12. The molecule has 6 nitrogen and oxygen atoms in total. The first-order chi connectivity index (χ1) is 15.1. The number of thioether (sulfide) groups is 1. The number of H-pyrrole nitrogens is 1. The van der Waals surface area contributed by atoms with Crippen LogP contribution < -0.4 is 10.9 Å². The molecule has 0 saturated heterocycles. The molecule has 4 rings (SSSR count). The monoisotopic (exact) mass is 430 g/mol. The molecule has 0 aliphatic heterocycles. The Morgan fingerprint density at radius 3 is 2.68 bits per heavy atom. The largest absolute Gasteiger partial charge is 0.324 e. The summed E-state index contributed by atoms with van der Waals surface area (Å²) in [4.78, 5) is 36.8. The number of aromatic amines is 1. The van der Waals surface area contributed by atoms with Gasteiger partial charge in [-0.2, -0.15) is 0 Å². The summed E-state index contributed by atoms with van der Waals surface area (Å²) in [6.45, 7) is 1.81. The minimum absolute atomic E-state index is 0.167. The van der Waals surface area contributed by atoms with Crippen LogP contribution in [-0.4, -0.2) is 20.9 Å². The lowest BCUT2D eigenvalue weighted by molar-refractivity contribution is -0.116. The molecule has 0 unspecified atom stereocenters. The van der Waals surface area contributed by atoms with Crippen LogP contribution >= 0.6 is 11.8 Å². The molecule has 31 heavy (non-hydrogen) atoms. The van der Waals surface area contributed by atoms with Crippen molar-refractivity contribution in [1.29, 1.82) is 0 Å². The van der Waals surface area contributed by atoms with Gasteiger partial charge in [0.05, 0.1) is 11.2 Å². The zero-order valence-corrected chi connectivity index (χ0v) is 17.9. The molecule has 156 valence electrons. The Kier molecular flexibility index (Phi) is 6.43. The number of carbonyl (C=O) groups excluding carboxylic acids is 1. The summed E-state index contributed by atoms with van der Waals surface area (Å²) < 4.78 is 0. The molecule has 1 amide bonds. The maximum Gasteiger partial charge on any atom is 0.254 e. The second-order valence-electron chi connectivity index (χ2n) is 7.14. The lowest BCUT2D eigenvalue weighted by Crippen LogP contribution is -2.20. The highest BCUT2D eigenvalue weighted by atomic mass is 32.2. The Morgan fingerprint density at radius 1 is 1.06 bits per heavy atom. The van der Waals surface area contributed by atoms with Gasteiger partial charge in [-0.15, -0.1) is 0 Å². The maximum absolute atomic E-state index is 12.6. The summed E-state index contributed by atoms with van der Waals surface area (Å²) in [6.07, 6.45) is 2.21. The molecule has 4 aromatic rings. The van der Waals surface area contributed by atoms with Gasteiger partial charge in [0, 0.05) is 35.0 Å². The van der Waals surface area contributed by atoms with Gasteiger partial charge in [0.1, 0.15) is 0 Å². The third-order valence-corrected chi connectivity index (χ3v) is 5.87. The fourth-order valence-corrected chi connectivity index (χ4v) is 4.19. The number of amides is 1. The summed E-state index contributed by atoms with van der Waals surface area (Å²) in [5, 5.41) is 4.45. The minimum atomic E-state index is -0.192. The van der Waals surface area contributed by atoms with Gasteiger partial charge in [0.25, 0.3) is 5.56 Å². The number of nitrogens with one attached hydrogen (secondary N) is 2. The number of pyridine rings is 1. The van der Waals surface area contributed by atoms with Gasteiger partial charge in [-0.05, 0) is 31.0 Å². The Morgan fingerprint density at radius 2 is 1.87 bits per heavy atom. The smallest absolute Gasteiger partial charge is 0.254 e. The molecule has 0 fully saturated rings. The zero-order chi connectivity index (χ0) is 21.6. The highest BCUT2D eigenvalue weighted by molar-refractivity contribution is 7.98. The van der Waals surface area contributed by atoms with Crippen LogP contribution in [0, 0.1) is 6.92 Å². The van der Waals surface area contributed by atoms with Gasteiger partial charge in [-0.3, -0.25) is 14.6 Å². The van der Waals surface area contributed by atoms with Gasteiger partial charge in [-0.1, -0.05) is 60.3 Å². The predicted molar refractivity (Wildman–Crippen MR) is 124 cm³/mol. The lowest BCUT2D eigenvalue weighted by atomic mass is 10.1. The van der Waals surface area contributed by atoms with Crippen molar-refractivity contribution < 1.29 is 4.79 Å². The van der Waals surface area contributed by atoms with Gasteiger partial charge in [-0.25, -0.2) is 4.98 Å². The molecule has 0 aliphatic carbocycles. The van der Waals surface area contributed by atoms with E-state index in [1.807, 2.05) is 67.6 Å². The number of aromatic nitrogens is 3. The topological polar surface area (TPSA) is 87.7 Å². The van der Waals surface area contributed by atoms with E-state index < -0.39 is 0 Å². The van der Waals surface area contributed by atoms with Crippen molar-refractivity contribution in [2.75, 3.05) is 5.32 Å². The van der Waals surface area contributed by atoms with E-state index in [-0.39, 0.29) is 17.9 Å². The van der Waals surface area contributed by atoms with E-state index in [0.29, 0.717) is 28.5 Å². The molecule has 0 atom stereocenters. The average molecular weight is 431 g/mol. The second kappa shape index (κ2) is 9.57. The van der Waals surface area contributed by atoms with Crippen molar-refractivity contribution in [2.45, 2.75) is 30.7 Å². The fourth-order valence-electron chi connectivity index (χ4n) is 3.33. The van der Waals surface area contributed by atoms with Crippen LogP contribution in [0.25, 0.3) is 10.9 Å². The van der Waals surface area contributed by atoms with Gasteiger partial charge in [0.2, 0.25) is 5.91 Å². The van der Waals surface area contributed by atoms with Crippen LogP contribution in [0.5, 0.6) is 0 Å². The Labute approximate surface area is 184 Å². The van der Waals surface area contributed by atoms with Gasteiger partial charge >= 0.3 is 0 Å². The Bertz CT molecular complexity index is 1270. The van der Waals surface area contributed by atoms with Crippen molar-refractivity contribution in [3.8, 4) is 0 Å². The fraction of sp³-hybridized carbons (Fsp3) is 0.167. The second-order valence-corrected chi connectivity index (χ2v) is 8.10. The van der Waals surface area contributed by atoms with Crippen molar-refractivity contribution >= 4 is 34.3 Å². The Balaban J connectivity index is 1.40. The van der Waals surface area contributed by atoms with Crippen molar-refractivity contribution in [3.63, 3.8) is 0 Å². The maximum atomic E-state index is 12.6. The number of aryl methyl sites for hydroxylation is 1. The first-order valence-electron chi connectivity index (χ1n) is 10.0. The molecule has 0 bridgehead atoms. The number of carbonyl (C=O) groups is 1. The van der Waals surface area contributed by atoms with E-state index in [4.69, 9.17) is 0 Å².